The Labute approximate surface area is 253 Å². The van der Waals surface area contributed by atoms with Gasteiger partial charge in [0.15, 0.2) is 0 Å². The predicted octanol–water partition coefficient (Wildman–Crippen LogP) is 7.79. The smallest absolute Gasteiger partial charge is 0.323 e. The Morgan fingerprint density at radius 3 is 2.19 bits per heavy atom. The molecule has 0 atom stereocenters. The van der Waals surface area contributed by atoms with Crippen LogP contribution in [0.1, 0.15) is 30.4 Å². The summed E-state index contributed by atoms with van der Waals surface area (Å²) < 4.78 is 39.4. The van der Waals surface area contributed by atoms with Crippen LogP contribution < -0.4 is 5.06 Å². The van der Waals surface area contributed by atoms with E-state index in [-0.39, 0.29) is 18.8 Å². The molecule has 4 rings (SSSR count). The first-order valence-electron chi connectivity index (χ1n) is 13.7. The number of urea groups is 1. The summed E-state index contributed by atoms with van der Waals surface area (Å²) in [6.07, 6.45) is -1.57. The fourth-order valence-electron chi connectivity index (χ4n) is 4.96. The highest BCUT2D eigenvalue weighted by Gasteiger charge is 2.44. The number of hydrogen-bond acceptors (Lipinski definition) is 4. The molecule has 1 fully saturated rings. The van der Waals surface area contributed by atoms with Crippen LogP contribution in [0.3, 0.4) is 0 Å². The molecule has 0 aromatic heterocycles. The van der Waals surface area contributed by atoms with Gasteiger partial charge < -0.3 is 14.6 Å². The monoisotopic (exact) mass is 621 g/mol. The Kier molecular flexibility index (Phi) is 11.1. The van der Waals surface area contributed by atoms with Crippen LogP contribution in [-0.2, 0) is 22.6 Å². The average molecular weight is 623 g/mol. The van der Waals surface area contributed by atoms with Crippen molar-refractivity contribution in [3.05, 3.63) is 100 Å². The molecular weight excluding hydrogens is 590 g/mol. The minimum absolute atomic E-state index is 0.00527. The molecule has 1 aliphatic rings. The van der Waals surface area contributed by atoms with E-state index in [1.54, 1.807) is 24.3 Å². The van der Waals surface area contributed by atoms with Gasteiger partial charge in [-0.2, -0.15) is 13.2 Å². The van der Waals surface area contributed by atoms with Crippen LogP contribution in [0.5, 0.6) is 0 Å². The van der Waals surface area contributed by atoms with E-state index in [1.807, 2.05) is 6.07 Å². The highest BCUT2D eigenvalue weighted by molar-refractivity contribution is 6.31. The molecule has 0 bridgehead atoms. The van der Waals surface area contributed by atoms with Crippen LogP contribution in [0.15, 0.2) is 78.9 Å². The Bertz CT molecular complexity index is 1320. The molecule has 1 heterocycles. The topological polar surface area (TPSA) is 53.1 Å². The van der Waals surface area contributed by atoms with Crippen molar-refractivity contribution in [2.45, 2.75) is 38.4 Å². The zero-order chi connectivity index (χ0) is 30.1. The molecule has 0 N–H and O–H groups in total. The van der Waals surface area contributed by atoms with Crippen molar-refractivity contribution in [1.82, 2.24) is 9.80 Å². The Morgan fingerprint density at radius 2 is 1.55 bits per heavy atom. The molecule has 42 heavy (non-hydrogen) atoms. The van der Waals surface area contributed by atoms with Crippen molar-refractivity contribution in [1.29, 1.82) is 0 Å². The third-order valence-corrected chi connectivity index (χ3v) is 7.83. The van der Waals surface area contributed by atoms with Gasteiger partial charge in [0, 0.05) is 23.1 Å². The first kappa shape index (κ1) is 31.7. The summed E-state index contributed by atoms with van der Waals surface area (Å²) in [6, 6.07) is 21.8. The number of hydroxylamine groups is 1. The Morgan fingerprint density at radius 1 is 0.905 bits per heavy atom. The number of likely N-dealkylation sites (tertiary alicyclic amines) is 1. The van der Waals surface area contributed by atoms with Gasteiger partial charge in [-0.05, 0) is 92.7 Å². The quantitative estimate of drug-likeness (QED) is 0.229. The molecule has 2 amide bonds. The lowest BCUT2D eigenvalue weighted by Crippen LogP contribution is -2.47. The van der Waals surface area contributed by atoms with Gasteiger partial charge in [-0.3, -0.25) is 0 Å². The number of alkyl halides is 3. The Hall–Kier alpha value is -3.27. The second-order valence-electron chi connectivity index (χ2n) is 10.3. The van der Waals surface area contributed by atoms with Gasteiger partial charge >= 0.3 is 18.2 Å². The first-order valence-corrected chi connectivity index (χ1v) is 14.5. The molecule has 3 aromatic carbocycles. The van der Waals surface area contributed by atoms with Gasteiger partial charge in [-0.1, -0.05) is 71.7 Å². The lowest BCUT2D eigenvalue weighted by atomic mass is 9.90. The van der Waals surface area contributed by atoms with Crippen molar-refractivity contribution in [3.8, 4) is 0 Å². The van der Waals surface area contributed by atoms with E-state index in [2.05, 4.69) is 34.0 Å². The summed E-state index contributed by atoms with van der Waals surface area (Å²) in [5.41, 5.74) is 1.86. The van der Waals surface area contributed by atoms with Crippen LogP contribution in [0.4, 0.5) is 23.7 Å². The summed E-state index contributed by atoms with van der Waals surface area (Å²) in [5, 5.41) is 1.06. The van der Waals surface area contributed by atoms with Crippen LogP contribution in [0.2, 0.25) is 10.0 Å². The number of carbonyl (C=O) groups is 2. The molecular formula is C31H32Cl2F3N3O3. The molecule has 0 spiro atoms. The molecule has 3 aromatic rings. The predicted molar refractivity (Wildman–Crippen MR) is 157 cm³/mol. The normalized spacial score (nSPS) is 14.4. The van der Waals surface area contributed by atoms with Gasteiger partial charge in [-0.25, -0.2) is 9.59 Å². The number of anilines is 1. The van der Waals surface area contributed by atoms with Crippen LogP contribution in [0.25, 0.3) is 0 Å². The summed E-state index contributed by atoms with van der Waals surface area (Å²) in [4.78, 5) is 33.8. The van der Waals surface area contributed by atoms with Gasteiger partial charge in [-0.15, -0.1) is 5.06 Å². The zero-order valence-corrected chi connectivity index (χ0v) is 24.4. The van der Waals surface area contributed by atoms with Gasteiger partial charge in [0.1, 0.15) is 0 Å². The van der Waals surface area contributed by atoms with Crippen LogP contribution in [-0.4, -0.2) is 54.2 Å². The third-order valence-electron chi connectivity index (χ3n) is 7.21. The maximum Gasteiger partial charge on any atom is 0.493 e. The number of nitrogens with zero attached hydrogens (tertiary/aromatic N) is 3. The largest absolute Gasteiger partial charge is 0.493 e. The lowest BCUT2D eigenvalue weighted by Gasteiger charge is -2.33. The first-order chi connectivity index (χ1) is 20.1. The second-order valence-corrected chi connectivity index (χ2v) is 11.1. The second kappa shape index (κ2) is 14.8. The molecule has 224 valence electrons. The summed E-state index contributed by atoms with van der Waals surface area (Å²) in [5.74, 6) is -1.90. The van der Waals surface area contributed by atoms with E-state index in [0.29, 0.717) is 39.6 Å². The number of rotatable bonds is 9. The van der Waals surface area contributed by atoms with Crippen molar-refractivity contribution in [3.63, 3.8) is 0 Å². The summed E-state index contributed by atoms with van der Waals surface area (Å²) in [6.45, 7) is 2.76. The van der Waals surface area contributed by atoms with E-state index < -0.39 is 18.2 Å². The molecule has 0 unspecified atom stereocenters. The van der Waals surface area contributed by atoms with Gasteiger partial charge in [0.25, 0.3) is 0 Å². The van der Waals surface area contributed by atoms with Crippen molar-refractivity contribution in [2.75, 3.05) is 31.2 Å². The third kappa shape index (κ3) is 9.11. The summed E-state index contributed by atoms with van der Waals surface area (Å²) in [7, 11) is 0. The molecule has 11 heteroatoms. The van der Waals surface area contributed by atoms with Gasteiger partial charge in [0.2, 0.25) is 0 Å². The van der Waals surface area contributed by atoms with E-state index in [0.717, 1.165) is 32.4 Å². The molecule has 1 aliphatic heterocycles. The van der Waals surface area contributed by atoms with E-state index in [9.17, 15) is 22.8 Å². The number of piperidine rings is 1. The minimum atomic E-state index is -5.30. The molecule has 0 aliphatic carbocycles. The molecule has 0 saturated carbocycles. The number of amides is 2. The van der Waals surface area contributed by atoms with E-state index in [4.69, 9.17) is 23.2 Å². The van der Waals surface area contributed by atoms with Crippen LogP contribution in [0, 0.1) is 5.92 Å². The number of hydrogen-bond donors (Lipinski definition) is 0. The van der Waals surface area contributed by atoms with Crippen molar-refractivity contribution < 1.29 is 27.6 Å². The van der Waals surface area contributed by atoms with Crippen LogP contribution >= 0.6 is 23.2 Å². The van der Waals surface area contributed by atoms with E-state index in [1.165, 1.54) is 34.7 Å². The number of halogens is 5. The van der Waals surface area contributed by atoms with Crippen molar-refractivity contribution in [2.24, 2.45) is 5.92 Å². The summed E-state index contributed by atoms with van der Waals surface area (Å²) >= 11 is 12.3. The fourth-order valence-corrected chi connectivity index (χ4v) is 5.28. The standard InChI is InChI=1S/C31H32Cl2F3N3O3/c32-26-11-13-27(14-12-26)39(42-29(40)31(34,35)36)30(41)38(22-25-9-4-5-10-28(25)33)18-6-17-37-19-15-24(16-20-37)21-23-7-2-1-3-8-23/h1-5,7-14,24H,6,15-22H2. The Balaban J connectivity index is 1.44. The average Bonchev–Trinajstić information content (AvgIpc) is 2.97. The molecule has 1 saturated heterocycles. The number of carbonyl (C=O) groups excluding carboxylic acids is 2. The molecule has 6 nitrogen and oxygen atoms in total. The maximum atomic E-state index is 13.7. The highest BCUT2D eigenvalue weighted by atomic mass is 35.5. The van der Waals surface area contributed by atoms with E-state index >= 15 is 0 Å². The zero-order valence-electron chi connectivity index (χ0n) is 22.9. The lowest BCUT2D eigenvalue weighted by molar-refractivity contribution is -0.200. The SMILES string of the molecule is O=C(N(CCCN1CCC(Cc2ccccc2)CC1)Cc1ccccc1Cl)N(OC(=O)C(F)(F)F)c1ccc(Cl)cc1. The van der Waals surface area contributed by atoms with Crippen molar-refractivity contribution >= 4 is 40.9 Å². The minimum Gasteiger partial charge on any atom is -0.323 e. The maximum absolute atomic E-state index is 13.7. The molecule has 0 radical (unpaired) electrons. The number of benzene rings is 3. The highest BCUT2D eigenvalue weighted by Crippen LogP contribution is 2.26. The fraction of sp³-hybridized carbons (Fsp3) is 0.355. The van der Waals surface area contributed by atoms with Gasteiger partial charge in [0.05, 0.1) is 5.69 Å².